The number of Topliss-reactive ketones (excluding diaryl/α,β-unsaturated/α-hetero) is 1. The van der Waals surface area contributed by atoms with E-state index in [4.69, 9.17) is 0 Å². The first-order chi connectivity index (χ1) is 16.1. The molecule has 1 aliphatic rings. The van der Waals surface area contributed by atoms with Gasteiger partial charge in [0.05, 0.1) is 11.3 Å². The number of para-hydroxylation sites is 1. The van der Waals surface area contributed by atoms with Gasteiger partial charge in [-0.2, -0.15) is 0 Å². The number of H-pyrrole nitrogens is 1. The van der Waals surface area contributed by atoms with Crippen LogP contribution in [0.15, 0.2) is 66.9 Å². The predicted molar refractivity (Wildman–Crippen MR) is 129 cm³/mol. The Labute approximate surface area is 191 Å². The van der Waals surface area contributed by atoms with Crippen LogP contribution >= 0.6 is 0 Å². The summed E-state index contributed by atoms with van der Waals surface area (Å²) in [7, 11) is 0. The van der Waals surface area contributed by atoms with Crippen LogP contribution in [0, 0.1) is 5.92 Å². The Morgan fingerprint density at radius 2 is 1.73 bits per heavy atom. The van der Waals surface area contributed by atoms with Gasteiger partial charge in [-0.3, -0.25) is 9.59 Å². The minimum atomic E-state index is -0.674. The zero-order chi connectivity index (χ0) is 22.8. The Bertz CT molecular complexity index is 1290. The van der Waals surface area contributed by atoms with Gasteiger partial charge in [0.2, 0.25) is 0 Å². The van der Waals surface area contributed by atoms with Crippen LogP contribution in [0.3, 0.4) is 0 Å². The highest BCUT2D eigenvalue weighted by atomic mass is 16.2. The van der Waals surface area contributed by atoms with E-state index in [9.17, 15) is 9.59 Å². The number of hydrogen-bond acceptors (Lipinski definition) is 5. The van der Waals surface area contributed by atoms with Crippen LogP contribution in [0.5, 0.6) is 0 Å². The van der Waals surface area contributed by atoms with E-state index >= 15 is 0 Å². The van der Waals surface area contributed by atoms with Crippen LogP contribution in [-0.2, 0) is 4.79 Å². The van der Waals surface area contributed by atoms with Gasteiger partial charge in [0.15, 0.2) is 5.82 Å². The lowest BCUT2D eigenvalue weighted by Gasteiger charge is -2.30. The lowest BCUT2D eigenvalue weighted by Crippen LogP contribution is -2.33. The molecule has 33 heavy (non-hydrogen) atoms. The lowest BCUT2D eigenvalue weighted by atomic mass is 9.99. The number of fused-ring (bicyclic) bond motifs is 1. The van der Waals surface area contributed by atoms with Crippen LogP contribution in [0.25, 0.3) is 22.2 Å². The number of piperidine rings is 1. The second-order valence-electron chi connectivity index (χ2n) is 8.55. The number of nitrogens with one attached hydrogen (secondary N) is 2. The van der Waals surface area contributed by atoms with E-state index in [0.717, 1.165) is 47.0 Å². The molecule has 2 aromatic heterocycles. The van der Waals surface area contributed by atoms with Gasteiger partial charge in [-0.05, 0) is 49.1 Å². The molecule has 5 rings (SSSR count). The molecular formula is C26H25N5O2. The summed E-state index contributed by atoms with van der Waals surface area (Å²) in [4.78, 5) is 30.5. The number of anilines is 2. The molecule has 2 aromatic carbocycles. The van der Waals surface area contributed by atoms with Crippen LogP contribution in [0.2, 0.25) is 0 Å². The SMILES string of the molecule is CC1CCN(c2ccc(-c3ccc(NC(=O)C(=O)c4c[nH]c5ccccc45)cc3)nn2)CC1. The van der Waals surface area contributed by atoms with Gasteiger partial charge in [0, 0.05) is 41.4 Å². The first-order valence-electron chi connectivity index (χ1n) is 11.2. The average molecular weight is 440 g/mol. The van der Waals surface area contributed by atoms with Crippen LogP contribution in [0.1, 0.15) is 30.1 Å². The molecule has 2 N–H and O–H groups in total. The van der Waals surface area contributed by atoms with E-state index in [1.807, 2.05) is 48.5 Å². The summed E-state index contributed by atoms with van der Waals surface area (Å²) >= 11 is 0. The first kappa shape index (κ1) is 20.9. The highest BCUT2D eigenvalue weighted by Crippen LogP contribution is 2.24. The Balaban J connectivity index is 1.25. The molecular weight excluding hydrogens is 414 g/mol. The molecule has 1 aliphatic heterocycles. The van der Waals surface area contributed by atoms with Gasteiger partial charge in [0.25, 0.3) is 11.7 Å². The maximum absolute atomic E-state index is 12.6. The van der Waals surface area contributed by atoms with E-state index in [-0.39, 0.29) is 0 Å². The zero-order valence-corrected chi connectivity index (χ0v) is 18.4. The molecule has 0 aliphatic carbocycles. The van der Waals surface area contributed by atoms with Crippen LogP contribution in [0.4, 0.5) is 11.5 Å². The summed E-state index contributed by atoms with van der Waals surface area (Å²) in [6.07, 6.45) is 3.93. The Hall–Kier alpha value is -4.00. The number of carbonyl (C=O) groups excluding carboxylic acids is 2. The molecule has 1 amide bonds. The first-order valence-corrected chi connectivity index (χ1v) is 11.2. The number of carbonyl (C=O) groups is 2. The van der Waals surface area contributed by atoms with Crippen LogP contribution in [-0.4, -0.2) is 40.0 Å². The van der Waals surface area contributed by atoms with Gasteiger partial charge >= 0.3 is 0 Å². The van der Waals surface area contributed by atoms with Crippen molar-refractivity contribution in [3.63, 3.8) is 0 Å². The van der Waals surface area contributed by atoms with E-state index in [0.29, 0.717) is 11.3 Å². The van der Waals surface area contributed by atoms with Crippen molar-refractivity contribution in [2.45, 2.75) is 19.8 Å². The molecule has 4 aromatic rings. The van der Waals surface area contributed by atoms with Gasteiger partial charge in [-0.25, -0.2) is 0 Å². The van der Waals surface area contributed by atoms with Crippen molar-refractivity contribution in [1.29, 1.82) is 0 Å². The summed E-state index contributed by atoms with van der Waals surface area (Å²) in [6.45, 7) is 4.32. The summed E-state index contributed by atoms with van der Waals surface area (Å²) in [5.74, 6) is 0.424. The average Bonchev–Trinajstić information content (AvgIpc) is 3.29. The second-order valence-corrected chi connectivity index (χ2v) is 8.55. The van der Waals surface area contributed by atoms with Crippen molar-refractivity contribution in [1.82, 2.24) is 15.2 Å². The third kappa shape index (κ3) is 4.35. The zero-order valence-electron chi connectivity index (χ0n) is 18.4. The highest BCUT2D eigenvalue weighted by Gasteiger charge is 2.20. The Morgan fingerprint density at radius 1 is 0.970 bits per heavy atom. The fraction of sp³-hybridized carbons (Fsp3) is 0.231. The Kier molecular flexibility index (Phi) is 5.60. The number of amides is 1. The number of hydrogen-bond donors (Lipinski definition) is 2. The Morgan fingerprint density at radius 3 is 2.45 bits per heavy atom. The molecule has 0 atom stereocenters. The molecule has 7 nitrogen and oxygen atoms in total. The summed E-state index contributed by atoms with van der Waals surface area (Å²) < 4.78 is 0. The van der Waals surface area contributed by atoms with E-state index < -0.39 is 11.7 Å². The van der Waals surface area contributed by atoms with E-state index in [1.54, 1.807) is 18.3 Å². The predicted octanol–water partition coefficient (Wildman–Crippen LogP) is 4.68. The quantitative estimate of drug-likeness (QED) is 0.348. The lowest BCUT2D eigenvalue weighted by molar-refractivity contribution is -0.112. The van der Waals surface area contributed by atoms with Crippen molar-refractivity contribution in [3.05, 3.63) is 72.4 Å². The maximum atomic E-state index is 12.6. The second kappa shape index (κ2) is 8.86. The number of aromatic amines is 1. The molecule has 0 unspecified atom stereocenters. The molecule has 1 saturated heterocycles. The molecule has 0 bridgehead atoms. The van der Waals surface area contributed by atoms with Crippen molar-refractivity contribution in [2.24, 2.45) is 5.92 Å². The molecule has 0 saturated carbocycles. The minimum absolute atomic E-state index is 0.359. The van der Waals surface area contributed by atoms with Crippen molar-refractivity contribution < 1.29 is 9.59 Å². The molecule has 0 radical (unpaired) electrons. The molecule has 7 heteroatoms. The number of nitrogens with zero attached hydrogens (tertiary/aromatic N) is 3. The number of rotatable bonds is 5. The standard InChI is InChI=1S/C26H25N5O2/c1-17-12-14-31(15-13-17)24-11-10-22(29-30-24)18-6-8-19(9-7-18)28-26(33)25(32)21-16-27-23-5-3-2-4-20(21)23/h2-11,16-17,27H,12-15H2,1H3,(H,28,33). The van der Waals surface area contributed by atoms with Crippen molar-refractivity contribution >= 4 is 34.1 Å². The van der Waals surface area contributed by atoms with Gasteiger partial charge < -0.3 is 15.2 Å². The van der Waals surface area contributed by atoms with Crippen molar-refractivity contribution in [3.8, 4) is 11.3 Å². The molecule has 3 heterocycles. The third-order valence-electron chi connectivity index (χ3n) is 6.24. The number of aromatic nitrogens is 3. The van der Waals surface area contributed by atoms with E-state index in [2.05, 4.69) is 32.3 Å². The van der Waals surface area contributed by atoms with Gasteiger partial charge in [-0.1, -0.05) is 37.3 Å². The number of benzene rings is 2. The third-order valence-corrected chi connectivity index (χ3v) is 6.24. The molecule has 166 valence electrons. The summed E-state index contributed by atoms with van der Waals surface area (Å²) in [5, 5.41) is 12.2. The van der Waals surface area contributed by atoms with Gasteiger partial charge in [-0.15, -0.1) is 10.2 Å². The van der Waals surface area contributed by atoms with Gasteiger partial charge in [0.1, 0.15) is 0 Å². The highest BCUT2D eigenvalue weighted by molar-refractivity contribution is 6.48. The summed E-state index contributed by atoms with van der Waals surface area (Å²) in [5.41, 5.74) is 3.38. The smallest absolute Gasteiger partial charge is 0.296 e. The molecule has 1 fully saturated rings. The monoisotopic (exact) mass is 439 g/mol. The van der Waals surface area contributed by atoms with E-state index in [1.165, 1.54) is 12.8 Å². The topological polar surface area (TPSA) is 91.0 Å². The maximum Gasteiger partial charge on any atom is 0.296 e. The fourth-order valence-electron chi connectivity index (χ4n) is 4.18. The van der Waals surface area contributed by atoms with Crippen molar-refractivity contribution in [2.75, 3.05) is 23.3 Å². The summed E-state index contributed by atoms with van der Waals surface area (Å²) in [6, 6.07) is 18.6. The fourth-order valence-corrected chi connectivity index (χ4v) is 4.18. The normalized spacial score (nSPS) is 14.4. The largest absolute Gasteiger partial charge is 0.360 e. The number of ketones is 1. The minimum Gasteiger partial charge on any atom is -0.360 e. The van der Waals surface area contributed by atoms with Crippen LogP contribution < -0.4 is 10.2 Å². The molecule has 0 spiro atoms.